The Balaban J connectivity index is 1.55. The maximum absolute atomic E-state index is 12.1. The number of amides is 2. The predicted molar refractivity (Wildman–Crippen MR) is 106 cm³/mol. The van der Waals surface area contributed by atoms with Crippen LogP contribution in [-0.4, -0.2) is 31.5 Å². The number of rotatable bonds is 7. The van der Waals surface area contributed by atoms with Crippen LogP contribution in [0.15, 0.2) is 30.3 Å². The maximum atomic E-state index is 12.1. The molecule has 0 aliphatic heterocycles. The molecule has 0 saturated heterocycles. The van der Waals surface area contributed by atoms with E-state index in [0.29, 0.717) is 16.3 Å². The molecule has 1 aromatic heterocycles. The van der Waals surface area contributed by atoms with Gasteiger partial charge in [-0.2, -0.15) is 0 Å². The van der Waals surface area contributed by atoms with Crippen molar-refractivity contribution in [2.75, 3.05) is 19.0 Å². The van der Waals surface area contributed by atoms with E-state index >= 15 is 0 Å². The van der Waals surface area contributed by atoms with E-state index in [-0.39, 0.29) is 0 Å². The number of aryl methyl sites for hydroxylation is 1. The minimum Gasteiger partial charge on any atom is -0.497 e. The zero-order chi connectivity index (χ0) is 20.1. The van der Waals surface area contributed by atoms with Gasteiger partial charge in [0.05, 0.1) is 12.7 Å². The largest absolute Gasteiger partial charge is 0.497 e. The van der Waals surface area contributed by atoms with Crippen LogP contribution in [-0.2, 0) is 27.2 Å². The number of ether oxygens (including phenoxy) is 2. The molecule has 3 N–H and O–H groups in total. The molecule has 28 heavy (non-hydrogen) atoms. The fraction of sp³-hybridized carbons (Fsp3) is 0.250. The minimum absolute atomic E-state index is 0.370. The number of hydrogen-bond donors (Lipinski definition) is 2. The van der Waals surface area contributed by atoms with Crippen molar-refractivity contribution in [1.29, 1.82) is 0 Å². The molecule has 3 rings (SSSR count). The number of methoxy groups -OCH3 is 1. The lowest BCUT2D eigenvalue weighted by Crippen LogP contribution is -2.22. The lowest BCUT2D eigenvalue weighted by atomic mass is 10.1. The summed E-state index contributed by atoms with van der Waals surface area (Å²) in [5.74, 6) is -1.07. The molecular weight excluding hydrogens is 380 g/mol. The lowest BCUT2D eigenvalue weighted by molar-refractivity contribution is -0.142. The third-order valence-corrected chi connectivity index (χ3v) is 5.48. The summed E-state index contributed by atoms with van der Waals surface area (Å²) < 4.78 is 10.1. The molecule has 146 valence electrons. The zero-order valence-electron chi connectivity index (χ0n) is 15.3. The van der Waals surface area contributed by atoms with Gasteiger partial charge < -0.3 is 20.5 Å². The first-order valence-electron chi connectivity index (χ1n) is 8.71. The Morgan fingerprint density at radius 1 is 1.29 bits per heavy atom. The predicted octanol–water partition coefficient (Wildman–Crippen LogP) is 2.54. The average Bonchev–Trinajstić information content (AvgIpc) is 3.25. The minimum atomic E-state index is -0.651. The molecule has 1 aromatic carbocycles. The van der Waals surface area contributed by atoms with Crippen molar-refractivity contribution in [3.63, 3.8) is 0 Å². The molecule has 0 radical (unpaired) electrons. The molecule has 7 nitrogen and oxygen atoms in total. The van der Waals surface area contributed by atoms with E-state index in [0.717, 1.165) is 35.3 Å². The molecule has 0 fully saturated rings. The Kier molecular flexibility index (Phi) is 6.10. The van der Waals surface area contributed by atoms with E-state index in [1.807, 2.05) is 0 Å². The summed E-state index contributed by atoms with van der Waals surface area (Å²) in [6, 6.07) is 7.16. The zero-order valence-corrected chi connectivity index (χ0v) is 16.1. The summed E-state index contributed by atoms with van der Waals surface area (Å²) in [5.41, 5.74) is 7.52. The molecule has 2 aromatic rings. The first-order valence-corrected chi connectivity index (χ1v) is 9.52. The van der Waals surface area contributed by atoms with Crippen molar-refractivity contribution < 1.29 is 23.9 Å². The van der Waals surface area contributed by atoms with E-state index in [1.54, 1.807) is 37.5 Å². The van der Waals surface area contributed by atoms with Crippen LogP contribution >= 0.6 is 11.3 Å². The fourth-order valence-electron chi connectivity index (χ4n) is 3.01. The van der Waals surface area contributed by atoms with Gasteiger partial charge in [0.1, 0.15) is 10.8 Å². The van der Waals surface area contributed by atoms with Crippen molar-refractivity contribution in [2.45, 2.75) is 19.3 Å². The second-order valence-corrected chi connectivity index (χ2v) is 7.30. The van der Waals surface area contributed by atoms with Crippen LogP contribution in [0.4, 0.5) is 5.00 Å². The second-order valence-electron chi connectivity index (χ2n) is 6.19. The Morgan fingerprint density at radius 3 is 2.86 bits per heavy atom. The molecule has 8 heteroatoms. The van der Waals surface area contributed by atoms with E-state index in [4.69, 9.17) is 15.2 Å². The number of nitrogens with one attached hydrogen (secondary N) is 1. The Bertz CT molecular complexity index is 948. The summed E-state index contributed by atoms with van der Waals surface area (Å²) in [7, 11) is 1.56. The lowest BCUT2D eigenvalue weighted by Gasteiger charge is -2.06. The Morgan fingerprint density at radius 2 is 2.11 bits per heavy atom. The summed E-state index contributed by atoms with van der Waals surface area (Å²) in [6.45, 7) is -0.456. The number of carbonyl (C=O) groups is 3. The fourth-order valence-corrected chi connectivity index (χ4v) is 4.32. The quantitative estimate of drug-likeness (QED) is 0.549. The summed E-state index contributed by atoms with van der Waals surface area (Å²) >= 11 is 1.35. The SMILES string of the molecule is COc1cccc(/C=C/C(=O)OCC(=O)Nc2sc3c(c2C(N)=O)CCC3)c1. The second kappa shape index (κ2) is 8.71. The molecule has 0 bridgehead atoms. The highest BCUT2D eigenvalue weighted by atomic mass is 32.1. The number of primary amides is 1. The summed E-state index contributed by atoms with van der Waals surface area (Å²) in [5, 5.41) is 3.05. The standard InChI is InChI=1S/C20H20N2O5S/c1-26-13-5-2-4-12(10-13)8-9-17(24)27-11-16(23)22-20-18(19(21)25)14-6-3-7-15(14)28-20/h2,4-5,8-10H,3,6-7,11H2,1H3,(H2,21,25)(H,22,23)/b9-8+. The van der Waals surface area contributed by atoms with Crippen LogP contribution in [0.25, 0.3) is 6.08 Å². The van der Waals surface area contributed by atoms with Gasteiger partial charge in [0.25, 0.3) is 11.8 Å². The molecule has 0 saturated carbocycles. The molecule has 1 aliphatic carbocycles. The van der Waals surface area contributed by atoms with Gasteiger partial charge in [-0.1, -0.05) is 12.1 Å². The number of benzene rings is 1. The topological polar surface area (TPSA) is 108 Å². The number of fused-ring (bicyclic) bond motifs is 1. The van der Waals surface area contributed by atoms with Crippen molar-refractivity contribution >= 4 is 40.2 Å². The Hall–Kier alpha value is -3.13. The van der Waals surface area contributed by atoms with Gasteiger partial charge in [-0.25, -0.2) is 4.79 Å². The van der Waals surface area contributed by atoms with Crippen molar-refractivity contribution in [2.24, 2.45) is 5.73 Å². The Labute approximate surface area is 166 Å². The van der Waals surface area contributed by atoms with Gasteiger partial charge in [-0.3, -0.25) is 9.59 Å². The number of thiophene rings is 1. The number of anilines is 1. The normalized spacial score (nSPS) is 12.6. The van der Waals surface area contributed by atoms with Gasteiger partial charge in [-0.15, -0.1) is 11.3 Å². The molecule has 0 atom stereocenters. The van der Waals surface area contributed by atoms with Crippen LogP contribution < -0.4 is 15.8 Å². The monoisotopic (exact) mass is 400 g/mol. The highest BCUT2D eigenvalue weighted by molar-refractivity contribution is 7.17. The maximum Gasteiger partial charge on any atom is 0.331 e. The molecule has 2 amide bonds. The molecule has 0 spiro atoms. The van der Waals surface area contributed by atoms with Crippen LogP contribution in [0.1, 0.15) is 32.8 Å². The van der Waals surface area contributed by atoms with Gasteiger partial charge in [0.2, 0.25) is 0 Å². The van der Waals surface area contributed by atoms with Crippen molar-refractivity contribution in [3.05, 3.63) is 51.9 Å². The smallest absolute Gasteiger partial charge is 0.331 e. The highest BCUT2D eigenvalue weighted by Crippen LogP contribution is 2.38. The molecule has 1 aliphatic rings. The van der Waals surface area contributed by atoms with Crippen LogP contribution in [0, 0.1) is 0 Å². The van der Waals surface area contributed by atoms with Crippen LogP contribution in [0.2, 0.25) is 0 Å². The third-order valence-electron chi connectivity index (χ3n) is 4.27. The van der Waals surface area contributed by atoms with E-state index in [1.165, 1.54) is 17.4 Å². The van der Waals surface area contributed by atoms with E-state index < -0.39 is 24.4 Å². The molecule has 1 heterocycles. The van der Waals surface area contributed by atoms with Gasteiger partial charge in [0, 0.05) is 11.0 Å². The number of hydrogen-bond acceptors (Lipinski definition) is 6. The number of esters is 1. The van der Waals surface area contributed by atoms with Crippen molar-refractivity contribution in [3.8, 4) is 5.75 Å². The van der Waals surface area contributed by atoms with E-state index in [2.05, 4.69) is 5.32 Å². The van der Waals surface area contributed by atoms with E-state index in [9.17, 15) is 14.4 Å². The van der Waals surface area contributed by atoms with Gasteiger partial charge in [0.15, 0.2) is 6.61 Å². The van der Waals surface area contributed by atoms with Gasteiger partial charge >= 0.3 is 5.97 Å². The average molecular weight is 400 g/mol. The van der Waals surface area contributed by atoms with Crippen LogP contribution in [0.3, 0.4) is 0 Å². The summed E-state index contributed by atoms with van der Waals surface area (Å²) in [6.07, 6.45) is 5.44. The first kappa shape index (κ1) is 19.6. The number of nitrogens with two attached hydrogens (primary N) is 1. The van der Waals surface area contributed by atoms with Crippen LogP contribution in [0.5, 0.6) is 5.75 Å². The van der Waals surface area contributed by atoms with Crippen molar-refractivity contribution in [1.82, 2.24) is 0 Å². The van der Waals surface area contributed by atoms with Gasteiger partial charge in [-0.05, 0) is 48.6 Å². The molecule has 0 unspecified atom stereocenters. The third kappa shape index (κ3) is 4.58. The summed E-state index contributed by atoms with van der Waals surface area (Å²) in [4.78, 5) is 36.7. The molecular formula is C20H20N2O5S. The number of carbonyl (C=O) groups excluding carboxylic acids is 3. The first-order chi connectivity index (χ1) is 13.5. The highest BCUT2D eigenvalue weighted by Gasteiger charge is 2.26.